The first-order chi connectivity index (χ1) is 11.3. The third kappa shape index (κ3) is 6.17. The van der Waals surface area contributed by atoms with Gasteiger partial charge >= 0.3 is 0 Å². The second kappa shape index (κ2) is 9.70. The van der Waals surface area contributed by atoms with Crippen molar-refractivity contribution in [2.45, 2.75) is 18.6 Å². The van der Waals surface area contributed by atoms with E-state index in [9.17, 15) is 4.79 Å². The number of amides is 1. The van der Waals surface area contributed by atoms with E-state index in [2.05, 4.69) is 23.5 Å². The van der Waals surface area contributed by atoms with E-state index in [1.54, 1.807) is 6.07 Å². The van der Waals surface area contributed by atoms with Crippen LogP contribution < -0.4 is 5.32 Å². The Morgan fingerprint density at radius 2 is 1.83 bits per heavy atom. The Bertz CT molecular complexity index is 665. The van der Waals surface area contributed by atoms with Gasteiger partial charge < -0.3 is 5.32 Å². The molecule has 0 saturated heterocycles. The highest BCUT2D eigenvalue weighted by Gasteiger charge is 2.04. The van der Waals surface area contributed by atoms with Crippen LogP contribution in [0.4, 0.5) is 0 Å². The van der Waals surface area contributed by atoms with Crippen molar-refractivity contribution in [2.75, 3.05) is 12.3 Å². The SMILES string of the molecule is N#Cc1ccccc1CSCC(=O)NCCCc1ccccc1. The van der Waals surface area contributed by atoms with Crippen molar-refractivity contribution in [1.29, 1.82) is 5.26 Å². The Balaban J connectivity index is 1.61. The highest BCUT2D eigenvalue weighted by atomic mass is 32.2. The molecule has 1 amide bonds. The first-order valence-corrected chi connectivity index (χ1v) is 8.81. The van der Waals surface area contributed by atoms with Crippen LogP contribution in [0.1, 0.15) is 23.1 Å². The molecular weight excluding hydrogens is 304 g/mol. The minimum atomic E-state index is 0.0532. The molecule has 0 unspecified atom stereocenters. The fourth-order valence-electron chi connectivity index (χ4n) is 2.22. The van der Waals surface area contributed by atoms with Gasteiger partial charge in [-0.1, -0.05) is 48.5 Å². The summed E-state index contributed by atoms with van der Waals surface area (Å²) in [4.78, 5) is 11.8. The van der Waals surface area contributed by atoms with Crippen molar-refractivity contribution in [3.05, 3.63) is 71.3 Å². The normalized spacial score (nSPS) is 10.0. The average Bonchev–Trinajstić information content (AvgIpc) is 2.60. The number of rotatable bonds is 8. The monoisotopic (exact) mass is 324 g/mol. The van der Waals surface area contributed by atoms with E-state index >= 15 is 0 Å². The zero-order chi connectivity index (χ0) is 16.3. The molecule has 3 nitrogen and oxygen atoms in total. The maximum atomic E-state index is 11.8. The maximum absolute atomic E-state index is 11.8. The first kappa shape index (κ1) is 17.1. The molecule has 118 valence electrons. The number of carbonyl (C=O) groups excluding carboxylic acids is 1. The highest BCUT2D eigenvalue weighted by molar-refractivity contribution is 7.99. The van der Waals surface area contributed by atoms with Gasteiger partial charge in [0.15, 0.2) is 0 Å². The minimum absolute atomic E-state index is 0.0532. The molecule has 0 aliphatic heterocycles. The highest BCUT2D eigenvalue weighted by Crippen LogP contribution is 2.15. The predicted octanol–water partition coefficient (Wildman–Crippen LogP) is 3.54. The molecule has 0 aromatic heterocycles. The van der Waals surface area contributed by atoms with Crippen molar-refractivity contribution < 1.29 is 4.79 Å². The lowest BCUT2D eigenvalue weighted by Crippen LogP contribution is -2.26. The number of aryl methyl sites for hydroxylation is 1. The lowest BCUT2D eigenvalue weighted by Gasteiger charge is -2.06. The van der Waals surface area contributed by atoms with Gasteiger partial charge in [0.1, 0.15) is 0 Å². The lowest BCUT2D eigenvalue weighted by molar-refractivity contribution is -0.118. The van der Waals surface area contributed by atoms with Gasteiger partial charge in [-0.2, -0.15) is 5.26 Å². The number of nitriles is 1. The summed E-state index contributed by atoms with van der Waals surface area (Å²) in [5, 5.41) is 12.0. The van der Waals surface area contributed by atoms with Crippen LogP contribution >= 0.6 is 11.8 Å². The lowest BCUT2D eigenvalue weighted by atomic mass is 10.1. The van der Waals surface area contributed by atoms with Gasteiger partial charge in [-0.3, -0.25) is 4.79 Å². The summed E-state index contributed by atoms with van der Waals surface area (Å²) < 4.78 is 0. The quantitative estimate of drug-likeness (QED) is 0.756. The Labute approximate surface area is 141 Å². The summed E-state index contributed by atoms with van der Waals surface area (Å²) in [5.41, 5.74) is 2.96. The van der Waals surface area contributed by atoms with Crippen molar-refractivity contribution in [2.24, 2.45) is 0 Å². The molecule has 0 heterocycles. The number of nitrogens with one attached hydrogen (secondary N) is 1. The first-order valence-electron chi connectivity index (χ1n) is 7.66. The number of hydrogen-bond donors (Lipinski definition) is 1. The summed E-state index contributed by atoms with van der Waals surface area (Å²) in [6, 6.07) is 20.0. The Hall–Kier alpha value is -2.25. The molecule has 2 aromatic rings. The Morgan fingerprint density at radius 3 is 2.61 bits per heavy atom. The van der Waals surface area contributed by atoms with Gasteiger partial charge in [0.25, 0.3) is 0 Å². The Kier molecular flexibility index (Phi) is 7.22. The zero-order valence-corrected chi connectivity index (χ0v) is 13.8. The second-order valence-corrected chi connectivity index (χ2v) is 6.19. The molecule has 4 heteroatoms. The third-order valence-electron chi connectivity index (χ3n) is 3.44. The predicted molar refractivity (Wildman–Crippen MR) is 95.1 cm³/mol. The van der Waals surface area contributed by atoms with E-state index in [1.165, 1.54) is 17.3 Å². The molecule has 0 aliphatic rings. The van der Waals surface area contributed by atoms with E-state index < -0.39 is 0 Å². The summed E-state index contributed by atoms with van der Waals surface area (Å²) in [6.07, 6.45) is 1.92. The van der Waals surface area contributed by atoms with Crippen molar-refractivity contribution >= 4 is 17.7 Å². The van der Waals surface area contributed by atoms with Crippen LogP contribution in [0, 0.1) is 11.3 Å². The van der Waals surface area contributed by atoms with Crippen LogP contribution in [0.15, 0.2) is 54.6 Å². The molecular formula is C19H20N2OS. The van der Waals surface area contributed by atoms with Crippen LogP contribution in [0.25, 0.3) is 0 Å². The largest absolute Gasteiger partial charge is 0.355 e. The number of nitrogens with zero attached hydrogens (tertiary/aromatic N) is 1. The van der Waals surface area contributed by atoms with E-state index in [0.29, 0.717) is 23.6 Å². The smallest absolute Gasteiger partial charge is 0.230 e. The van der Waals surface area contributed by atoms with Gasteiger partial charge in [0, 0.05) is 12.3 Å². The molecule has 0 fully saturated rings. The van der Waals surface area contributed by atoms with Gasteiger partial charge in [-0.05, 0) is 30.0 Å². The molecule has 2 aromatic carbocycles. The van der Waals surface area contributed by atoms with Gasteiger partial charge in [-0.15, -0.1) is 11.8 Å². The minimum Gasteiger partial charge on any atom is -0.355 e. The fraction of sp³-hybridized carbons (Fsp3) is 0.263. The molecule has 0 spiro atoms. The van der Waals surface area contributed by atoms with Crippen molar-refractivity contribution in [3.8, 4) is 6.07 Å². The summed E-state index contributed by atoms with van der Waals surface area (Å²) in [7, 11) is 0. The van der Waals surface area contributed by atoms with Crippen molar-refractivity contribution in [1.82, 2.24) is 5.32 Å². The van der Waals surface area contributed by atoms with Crippen molar-refractivity contribution in [3.63, 3.8) is 0 Å². The van der Waals surface area contributed by atoms with Gasteiger partial charge in [0.2, 0.25) is 5.91 Å². The number of carbonyl (C=O) groups is 1. The molecule has 23 heavy (non-hydrogen) atoms. The summed E-state index contributed by atoms with van der Waals surface area (Å²) >= 11 is 1.54. The van der Waals surface area contributed by atoms with E-state index in [4.69, 9.17) is 5.26 Å². The number of thioether (sulfide) groups is 1. The molecule has 0 atom stereocenters. The number of hydrogen-bond acceptors (Lipinski definition) is 3. The van der Waals surface area contributed by atoms with E-state index in [-0.39, 0.29) is 5.91 Å². The topological polar surface area (TPSA) is 52.9 Å². The molecule has 0 aliphatic carbocycles. The zero-order valence-electron chi connectivity index (χ0n) is 13.0. The molecule has 2 rings (SSSR count). The third-order valence-corrected chi connectivity index (χ3v) is 4.42. The summed E-state index contributed by atoms with van der Waals surface area (Å²) in [5.74, 6) is 1.16. The van der Waals surface area contributed by atoms with Crippen LogP contribution in [0.2, 0.25) is 0 Å². The second-order valence-electron chi connectivity index (χ2n) is 5.20. The molecule has 0 radical (unpaired) electrons. The molecule has 0 saturated carbocycles. The van der Waals surface area contributed by atoms with Crippen LogP contribution in [-0.2, 0) is 17.0 Å². The molecule has 1 N–H and O–H groups in total. The molecule has 0 bridgehead atoms. The summed E-state index contributed by atoms with van der Waals surface area (Å²) in [6.45, 7) is 0.697. The van der Waals surface area contributed by atoms with Crippen LogP contribution in [0.5, 0.6) is 0 Å². The number of benzene rings is 2. The Morgan fingerprint density at radius 1 is 1.09 bits per heavy atom. The standard InChI is InChI=1S/C19H20N2OS/c20-13-17-10-4-5-11-18(17)14-23-15-19(22)21-12-6-9-16-7-2-1-3-8-16/h1-5,7-8,10-11H,6,9,12,14-15H2,(H,21,22). The fourth-order valence-corrected chi connectivity index (χ4v) is 3.09. The van der Waals surface area contributed by atoms with Gasteiger partial charge in [-0.25, -0.2) is 0 Å². The van der Waals surface area contributed by atoms with E-state index in [0.717, 1.165) is 18.4 Å². The average molecular weight is 324 g/mol. The van der Waals surface area contributed by atoms with E-state index in [1.807, 2.05) is 36.4 Å². The maximum Gasteiger partial charge on any atom is 0.230 e. The van der Waals surface area contributed by atoms with Gasteiger partial charge in [0.05, 0.1) is 17.4 Å². The van der Waals surface area contributed by atoms with Crippen LogP contribution in [0.3, 0.4) is 0 Å². The van der Waals surface area contributed by atoms with Crippen LogP contribution in [-0.4, -0.2) is 18.2 Å².